The van der Waals surface area contributed by atoms with Crippen molar-refractivity contribution in [3.05, 3.63) is 51.2 Å². The van der Waals surface area contributed by atoms with E-state index in [0.29, 0.717) is 0 Å². The first kappa shape index (κ1) is 13.7. The van der Waals surface area contributed by atoms with Crippen LogP contribution in [0.15, 0.2) is 29.6 Å². The Morgan fingerprint density at radius 2 is 2.10 bits per heavy atom. The van der Waals surface area contributed by atoms with Gasteiger partial charge in [-0.15, -0.1) is 11.3 Å². The van der Waals surface area contributed by atoms with Crippen LogP contribution in [0.5, 0.6) is 5.75 Å². The molecule has 0 bridgehead atoms. The first-order valence-corrected chi connectivity index (χ1v) is 8.18. The molecule has 1 atom stereocenters. The van der Waals surface area contributed by atoms with Crippen LogP contribution in [0.4, 0.5) is 0 Å². The van der Waals surface area contributed by atoms with Crippen molar-refractivity contribution in [3.8, 4) is 5.75 Å². The predicted molar refractivity (Wildman–Crippen MR) is 84.9 cm³/mol. The number of ether oxygens (including phenoxy) is 1. The summed E-state index contributed by atoms with van der Waals surface area (Å²) in [6, 6.07) is 9.26. The van der Waals surface area contributed by atoms with Crippen LogP contribution >= 0.6 is 11.3 Å². The van der Waals surface area contributed by atoms with E-state index < -0.39 is 0 Å². The van der Waals surface area contributed by atoms with Crippen LogP contribution in [0.2, 0.25) is 0 Å². The summed E-state index contributed by atoms with van der Waals surface area (Å²) in [6.07, 6.45) is 3.76. The van der Waals surface area contributed by atoms with Crippen molar-refractivity contribution in [2.45, 2.75) is 32.2 Å². The molecule has 3 heteroatoms. The lowest BCUT2D eigenvalue weighted by Crippen LogP contribution is -2.21. The molecular formula is C17H21NOS. The van der Waals surface area contributed by atoms with Gasteiger partial charge in [-0.2, -0.15) is 0 Å². The van der Waals surface area contributed by atoms with Crippen molar-refractivity contribution >= 4 is 11.3 Å². The molecule has 1 aromatic heterocycles. The van der Waals surface area contributed by atoms with Gasteiger partial charge in [-0.3, -0.25) is 0 Å². The van der Waals surface area contributed by atoms with Gasteiger partial charge in [0, 0.05) is 0 Å². The zero-order chi connectivity index (χ0) is 13.9. The molecule has 1 aliphatic carbocycles. The van der Waals surface area contributed by atoms with Gasteiger partial charge in [-0.05, 0) is 53.9 Å². The molecule has 106 valence electrons. The number of fused-ring (bicyclic) bond motifs is 1. The lowest BCUT2D eigenvalue weighted by Gasteiger charge is -2.19. The number of hydrogen-bond acceptors (Lipinski definition) is 3. The normalized spacial score (nSPS) is 15.1. The zero-order valence-electron chi connectivity index (χ0n) is 12.1. The molecule has 0 spiro atoms. The van der Waals surface area contributed by atoms with Crippen molar-refractivity contribution in [1.29, 1.82) is 0 Å². The van der Waals surface area contributed by atoms with Gasteiger partial charge < -0.3 is 10.1 Å². The summed E-state index contributed by atoms with van der Waals surface area (Å²) in [4.78, 5) is 1.27. The topological polar surface area (TPSA) is 21.3 Å². The van der Waals surface area contributed by atoms with E-state index in [0.717, 1.165) is 12.3 Å². The summed E-state index contributed by atoms with van der Waals surface area (Å²) in [5, 5.41) is 5.70. The Hall–Kier alpha value is -1.32. The highest BCUT2D eigenvalue weighted by atomic mass is 32.1. The molecule has 1 N–H and O–H groups in total. The fourth-order valence-electron chi connectivity index (χ4n) is 3.03. The minimum atomic E-state index is 0.237. The fraction of sp³-hybridized carbons (Fsp3) is 0.412. The maximum absolute atomic E-state index is 5.50. The quantitative estimate of drug-likeness (QED) is 0.899. The Morgan fingerprint density at radius 1 is 1.25 bits per heavy atom. The molecular weight excluding hydrogens is 266 g/mol. The number of benzene rings is 1. The van der Waals surface area contributed by atoms with Gasteiger partial charge >= 0.3 is 0 Å². The Labute approximate surface area is 124 Å². The lowest BCUT2D eigenvalue weighted by atomic mass is 9.99. The number of methoxy groups -OCH3 is 1. The Kier molecular flexibility index (Phi) is 4.08. The molecule has 0 saturated carbocycles. The van der Waals surface area contributed by atoms with Crippen LogP contribution in [0, 0.1) is 0 Å². The molecule has 1 aromatic carbocycles. The van der Waals surface area contributed by atoms with Crippen LogP contribution in [0.3, 0.4) is 0 Å². The second-order valence-electron chi connectivity index (χ2n) is 5.23. The summed E-state index contributed by atoms with van der Waals surface area (Å²) in [6.45, 7) is 3.10. The van der Waals surface area contributed by atoms with Crippen LogP contribution in [-0.4, -0.2) is 13.7 Å². The highest BCUT2D eigenvalue weighted by Crippen LogP contribution is 2.36. The third-order valence-electron chi connectivity index (χ3n) is 4.00. The first-order valence-electron chi connectivity index (χ1n) is 7.30. The number of rotatable bonds is 5. The third-order valence-corrected chi connectivity index (χ3v) is 4.97. The van der Waals surface area contributed by atoms with E-state index in [1.165, 1.54) is 40.8 Å². The molecule has 3 rings (SSSR count). The highest BCUT2D eigenvalue weighted by molar-refractivity contribution is 7.10. The monoisotopic (exact) mass is 287 g/mol. The van der Waals surface area contributed by atoms with Gasteiger partial charge in [0.05, 0.1) is 18.0 Å². The van der Waals surface area contributed by atoms with E-state index in [2.05, 4.69) is 41.9 Å². The maximum Gasteiger partial charge on any atom is 0.134 e. The van der Waals surface area contributed by atoms with Crippen molar-refractivity contribution in [3.63, 3.8) is 0 Å². The van der Waals surface area contributed by atoms with Crippen molar-refractivity contribution < 1.29 is 4.74 Å². The van der Waals surface area contributed by atoms with Gasteiger partial charge in [0.2, 0.25) is 0 Å². The average molecular weight is 287 g/mol. The van der Waals surface area contributed by atoms with E-state index in [-0.39, 0.29) is 6.04 Å². The number of nitrogens with one attached hydrogen (secondary N) is 1. The first-order chi connectivity index (χ1) is 9.83. The molecule has 0 radical (unpaired) electrons. The van der Waals surface area contributed by atoms with Crippen molar-refractivity contribution in [2.24, 2.45) is 0 Å². The minimum absolute atomic E-state index is 0.237. The van der Waals surface area contributed by atoms with Gasteiger partial charge in [0.15, 0.2) is 0 Å². The molecule has 2 nitrogen and oxygen atoms in total. The molecule has 0 fully saturated rings. The minimum Gasteiger partial charge on any atom is -0.496 e. The van der Waals surface area contributed by atoms with Crippen LogP contribution in [0.1, 0.15) is 41.0 Å². The molecule has 1 heterocycles. The Bertz CT molecular complexity index is 590. The summed E-state index contributed by atoms with van der Waals surface area (Å²) in [5.41, 5.74) is 4.41. The van der Waals surface area contributed by atoms with E-state index in [9.17, 15) is 0 Å². The molecule has 0 amide bonds. The summed E-state index contributed by atoms with van der Waals surface area (Å²) < 4.78 is 5.50. The van der Waals surface area contributed by atoms with Crippen LogP contribution < -0.4 is 10.1 Å². The molecule has 0 saturated heterocycles. The number of aryl methyl sites for hydroxylation is 2. The molecule has 1 unspecified atom stereocenters. The van der Waals surface area contributed by atoms with E-state index >= 15 is 0 Å². The second kappa shape index (κ2) is 5.98. The van der Waals surface area contributed by atoms with E-state index in [4.69, 9.17) is 4.74 Å². The van der Waals surface area contributed by atoms with Gasteiger partial charge in [0.25, 0.3) is 0 Å². The smallest absolute Gasteiger partial charge is 0.134 e. The van der Waals surface area contributed by atoms with Crippen LogP contribution in [0.25, 0.3) is 0 Å². The standard InChI is InChI=1S/C17H21NOS/c1-3-18-16(17-15(19-2)9-10-20-17)14-8-7-12-5-4-6-13(12)11-14/h7-11,16,18H,3-6H2,1-2H3. The molecule has 20 heavy (non-hydrogen) atoms. The largest absolute Gasteiger partial charge is 0.496 e. The lowest BCUT2D eigenvalue weighted by molar-refractivity contribution is 0.408. The third kappa shape index (κ3) is 2.48. The Balaban J connectivity index is 1.98. The predicted octanol–water partition coefficient (Wildman–Crippen LogP) is 3.94. The van der Waals surface area contributed by atoms with Gasteiger partial charge in [-0.1, -0.05) is 25.1 Å². The fourth-order valence-corrected chi connectivity index (χ4v) is 3.99. The SMILES string of the molecule is CCNC(c1ccc2c(c1)CCC2)c1sccc1OC. The average Bonchev–Trinajstić information content (AvgIpc) is 3.12. The number of thiophene rings is 1. The maximum atomic E-state index is 5.50. The summed E-state index contributed by atoms with van der Waals surface area (Å²) in [7, 11) is 1.75. The Morgan fingerprint density at radius 3 is 2.90 bits per heavy atom. The van der Waals surface area contributed by atoms with Crippen LogP contribution in [-0.2, 0) is 12.8 Å². The van der Waals surface area contributed by atoms with E-state index in [1.54, 1.807) is 18.4 Å². The van der Waals surface area contributed by atoms with E-state index in [1.807, 2.05) is 0 Å². The van der Waals surface area contributed by atoms with Crippen molar-refractivity contribution in [1.82, 2.24) is 5.32 Å². The molecule has 2 aromatic rings. The van der Waals surface area contributed by atoms with Crippen molar-refractivity contribution in [2.75, 3.05) is 13.7 Å². The van der Waals surface area contributed by atoms with Gasteiger partial charge in [0.1, 0.15) is 5.75 Å². The number of hydrogen-bond donors (Lipinski definition) is 1. The molecule has 0 aliphatic heterocycles. The summed E-state index contributed by atoms with van der Waals surface area (Å²) in [5.74, 6) is 0.987. The van der Waals surface area contributed by atoms with Gasteiger partial charge in [-0.25, -0.2) is 0 Å². The summed E-state index contributed by atoms with van der Waals surface area (Å²) >= 11 is 1.76. The second-order valence-corrected chi connectivity index (χ2v) is 6.17. The molecule has 1 aliphatic rings. The zero-order valence-corrected chi connectivity index (χ0v) is 12.9. The highest BCUT2D eigenvalue weighted by Gasteiger charge is 2.21.